The van der Waals surface area contributed by atoms with E-state index in [-0.39, 0.29) is 24.4 Å². The summed E-state index contributed by atoms with van der Waals surface area (Å²) in [5.74, 6) is -0.110. The maximum Gasteiger partial charge on any atom is 0.267 e. The van der Waals surface area contributed by atoms with Crippen molar-refractivity contribution in [1.82, 2.24) is 10.3 Å². The number of H-pyrrole nitrogens is 1. The molecule has 0 aliphatic carbocycles. The molecule has 0 radical (unpaired) electrons. The van der Waals surface area contributed by atoms with Gasteiger partial charge in [-0.1, -0.05) is 0 Å². The largest absolute Gasteiger partial charge is 0.356 e. The molecule has 0 aromatic carbocycles. The van der Waals surface area contributed by atoms with E-state index in [0.29, 0.717) is 12.2 Å². The fourth-order valence-electron chi connectivity index (χ4n) is 0.859. The molecule has 4 nitrogen and oxygen atoms in total. The molecule has 0 saturated carbocycles. The predicted molar refractivity (Wildman–Crippen MR) is 66.7 cm³/mol. The third-order valence-corrected chi connectivity index (χ3v) is 2.25. The zero-order valence-corrected chi connectivity index (χ0v) is 10.7. The highest BCUT2D eigenvalue weighted by molar-refractivity contribution is 14.1. The van der Waals surface area contributed by atoms with Crippen LogP contribution in [0.5, 0.6) is 0 Å². The van der Waals surface area contributed by atoms with Gasteiger partial charge in [0.1, 0.15) is 5.69 Å². The average molecular weight is 330 g/mol. The lowest BCUT2D eigenvalue weighted by molar-refractivity contribution is 0.0937. The van der Waals surface area contributed by atoms with Crippen molar-refractivity contribution in [3.05, 3.63) is 21.5 Å². The lowest BCUT2D eigenvalue weighted by Crippen LogP contribution is -2.37. The van der Waals surface area contributed by atoms with Crippen LogP contribution in [0, 0.1) is 3.57 Å². The number of hydrogen-bond acceptors (Lipinski definition) is 2. The summed E-state index contributed by atoms with van der Waals surface area (Å²) >= 11 is 2.14. The zero-order valence-electron chi connectivity index (χ0n) is 7.71. The van der Waals surface area contributed by atoms with E-state index in [1.807, 2.05) is 6.92 Å². The van der Waals surface area contributed by atoms with Gasteiger partial charge in [0.05, 0.1) is 0 Å². The number of nitrogens with two attached hydrogens (primary N) is 1. The second-order valence-corrected chi connectivity index (χ2v) is 4.09. The number of rotatable bonds is 3. The molecule has 0 spiro atoms. The summed E-state index contributed by atoms with van der Waals surface area (Å²) < 4.78 is 1.02. The highest BCUT2D eigenvalue weighted by atomic mass is 127. The first-order valence-corrected chi connectivity index (χ1v) is 5.06. The Morgan fingerprint density at radius 1 is 1.79 bits per heavy atom. The van der Waals surface area contributed by atoms with Crippen LogP contribution in [0.25, 0.3) is 0 Å². The first-order valence-electron chi connectivity index (χ1n) is 3.98. The normalized spacial score (nSPS) is 11.6. The number of aromatic amines is 1. The molecule has 0 aliphatic rings. The molecule has 0 aliphatic heterocycles. The standard InChI is InChI=1S/C8H12IN3O.ClH/c1-5(3-10)12-8(13)7-2-6(9)4-11-7;/h2,4-5,11H,3,10H2,1H3,(H,12,13);1H/t5-;/m1./s1. The Kier molecular flexibility index (Phi) is 6.14. The fourth-order valence-corrected chi connectivity index (χ4v) is 1.33. The van der Waals surface area contributed by atoms with Crippen molar-refractivity contribution in [3.8, 4) is 0 Å². The summed E-state index contributed by atoms with van der Waals surface area (Å²) in [6, 6.07) is 1.80. The van der Waals surface area contributed by atoms with E-state index in [0.717, 1.165) is 3.57 Å². The van der Waals surface area contributed by atoms with Crippen molar-refractivity contribution < 1.29 is 4.79 Å². The van der Waals surface area contributed by atoms with Gasteiger partial charge in [-0.3, -0.25) is 4.79 Å². The van der Waals surface area contributed by atoms with Gasteiger partial charge in [0, 0.05) is 22.4 Å². The Morgan fingerprint density at radius 2 is 2.43 bits per heavy atom. The number of nitrogens with one attached hydrogen (secondary N) is 2. The molecule has 4 N–H and O–H groups in total. The second kappa shape index (κ2) is 6.26. The highest BCUT2D eigenvalue weighted by Gasteiger charge is 2.09. The first-order chi connectivity index (χ1) is 6.13. The molecule has 0 fully saturated rings. The summed E-state index contributed by atoms with van der Waals surface area (Å²) in [5, 5.41) is 2.76. The van der Waals surface area contributed by atoms with Crippen LogP contribution in [-0.2, 0) is 0 Å². The molecular weight excluding hydrogens is 316 g/mol. The Bertz CT molecular complexity index is 303. The molecule has 0 saturated heterocycles. The van der Waals surface area contributed by atoms with Crippen LogP contribution in [-0.4, -0.2) is 23.5 Å². The third kappa shape index (κ3) is 3.85. The van der Waals surface area contributed by atoms with E-state index in [9.17, 15) is 4.79 Å². The minimum absolute atomic E-state index is 0. The van der Waals surface area contributed by atoms with Crippen molar-refractivity contribution in [2.45, 2.75) is 13.0 Å². The van der Waals surface area contributed by atoms with Gasteiger partial charge in [0.2, 0.25) is 0 Å². The van der Waals surface area contributed by atoms with Gasteiger partial charge in [-0.25, -0.2) is 0 Å². The van der Waals surface area contributed by atoms with Crippen LogP contribution >= 0.6 is 35.0 Å². The van der Waals surface area contributed by atoms with Gasteiger partial charge < -0.3 is 16.0 Å². The summed E-state index contributed by atoms with van der Waals surface area (Å²) in [6.07, 6.45) is 1.78. The Hall–Kier alpha value is -0.270. The molecule has 1 rings (SSSR count). The number of amides is 1. The minimum Gasteiger partial charge on any atom is -0.356 e. The van der Waals surface area contributed by atoms with Gasteiger partial charge in [-0.2, -0.15) is 0 Å². The second-order valence-electron chi connectivity index (χ2n) is 2.84. The van der Waals surface area contributed by atoms with Gasteiger partial charge in [0.15, 0.2) is 0 Å². The molecule has 0 bridgehead atoms. The molecule has 6 heteroatoms. The summed E-state index contributed by atoms with van der Waals surface area (Å²) in [4.78, 5) is 14.3. The third-order valence-electron chi connectivity index (χ3n) is 1.62. The Balaban J connectivity index is 0.00000169. The summed E-state index contributed by atoms with van der Waals surface area (Å²) in [5.41, 5.74) is 5.95. The van der Waals surface area contributed by atoms with Gasteiger partial charge in [0.25, 0.3) is 5.91 Å². The van der Waals surface area contributed by atoms with Crippen LogP contribution in [0.3, 0.4) is 0 Å². The Labute approximate surface area is 103 Å². The highest BCUT2D eigenvalue weighted by Crippen LogP contribution is 2.05. The van der Waals surface area contributed by atoms with Crippen molar-refractivity contribution >= 4 is 40.9 Å². The van der Waals surface area contributed by atoms with Crippen LogP contribution in [0.4, 0.5) is 0 Å². The van der Waals surface area contributed by atoms with E-state index in [2.05, 4.69) is 32.9 Å². The number of carbonyl (C=O) groups excluding carboxylic acids is 1. The average Bonchev–Trinajstić information content (AvgIpc) is 2.51. The van der Waals surface area contributed by atoms with Gasteiger partial charge >= 0.3 is 0 Å². The Morgan fingerprint density at radius 3 is 2.86 bits per heavy atom. The number of hydrogen-bond donors (Lipinski definition) is 3. The van der Waals surface area contributed by atoms with Crippen LogP contribution < -0.4 is 11.1 Å². The van der Waals surface area contributed by atoms with E-state index >= 15 is 0 Å². The van der Waals surface area contributed by atoms with Crippen molar-refractivity contribution in [2.75, 3.05) is 6.54 Å². The van der Waals surface area contributed by atoms with E-state index in [4.69, 9.17) is 5.73 Å². The summed E-state index contributed by atoms with van der Waals surface area (Å²) in [6.45, 7) is 2.31. The number of carbonyl (C=O) groups is 1. The van der Waals surface area contributed by atoms with E-state index in [1.165, 1.54) is 0 Å². The lowest BCUT2D eigenvalue weighted by Gasteiger charge is -2.09. The molecule has 1 amide bonds. The monoisotopic (exact) mass is 329 g/mol. The van der Waals surface area contributed by atoms with Crippen molar-refractivity contribution in [2.24, 2.45) is 5.73 Å². The molecule has 14 heavy (non-hydrogen) atoms. The van der Waals surface area contributed by atoms with Crippen molar-refractivity contribution in [3.63, 3.8) is 0 Å². The van der Waals surface area contributed by atoms with Crippen LogP contribution in [0.1, 0.15) is 17.4 Å². The van der Waals surface area contributed by atoms with E-state index in [1.54, 1.807) is 12.3 Å². The smallest absolute Gasteiger partial charge is 0.267 e. The molecule has 1 atom stereocenters. The minimum atomic E-state index is -0.110. The molecule has 1 aromatic heterocycles. The molecular formula is C8H13ClIN3O. The maximum absolute atomic E-state index is 11.4. The van der Waals surface area contributed by atoms with Crippen LogP contribution in [0.15, 0.2) is 12.3 Å². The lowest BCUT2D eigenvalue weighted by atomic mass is 10.3. The predicted octanol–water partition coefficient (Wildman–Crippen LogP) is 1.12. The number of aromatic nitrogens is 1. The topological polar surface area (TPSA) is 70.9 Å². The van der Waals surface area contributed by atoms with Crippen molar-refractivity contribution in [1.29, 1.82) is 0 Å². The first kappa shape index (κ1) is 13.7. The molecule has 80 valence electrons. The number of halogens is 2. The molecule has 1 aromatic rings. The molecule has 0 unspecified atom stereocenters. The SMILES string of the molecule is C[C@H](CN)NC(=O)c1cc(I)c[nH]1.Cl. The van der Waals surface area contributed by atoms with E-state index < -0.39 is 0 Å². The maximum atomic E-state index is 11.4. The quantitative estimate of drug-likeness (QED) is 0.727. The van der Waals surface area contributed by atoms with Gasteiger partial charge in [-0.05, 0) is 35.6 Å². The fraction of sp³-hybridized carbons (Fsp3) is 0.375. The van der Waals surface area contributed by atoms with Crippen LogP contribution in [0.2, 0.25) is 0 Å². The van der Waals surface area contributed by atoms with Gasteiger partial charge in [-0.15, -0.1) is 12.4 Å². The summed E-state index contributed by atoms with van der Waals surface area (Å²) in [7, 11) is 0. The zero-order chi connectivity index (χ0) is 9.84. The molecule has 1 heterocycles.